The predicted molar refractivity (Wildman–Crippen MR) is 64.6 cm³/mol. The zero-order valence-corrected chi connectivity index (χ0v) is 9.65. The van der Waals surface area contributed by atoms with Crippen molar-refractivity contribution >= 4 is 22.6 Å². The molecule has 0 radical (unpaired) electrons. The maximum absolute atomic E-state index is 5.50. The minimum absolute atomic E-state index is 0.497. The maximum atomic E-state index is 5.50. The van der Waals surface area contributed by atoms with Crippen molar-refractivity contribution in [2.24, 2.45) is 5.73 Å². The molecule has 0 aliphatic heterocycles. The van der Waals surface area contributed by atoms with E-state index in [4.69, 9.17) is 5.73 Å². The molecular formula is C10H10IN3. The molecule has 0 aliphatic carbocycles. The van der Waals surface area contributed by atoms with Crippen molar-refractivity contribution in [3.8, 4) is 11.3 Å². The normalized spacial score (nSPS) is 10.4. The second-order valence-electron chi connectivity index (χ2n) is 2.99. The van der Waals surface area contributed by atoms with Crippen LogP contribution in [0.1, 0.15) is 5.69 Å². The van der Waals surface area contributed by atoms with E-state index in [-0.39, 0.29) is 0 Å². The Hall–Kier alpha value is -0.880. The topological polar surface area (TPSA) is 54.7 Å². The number of benzene rings is 1. The van der Waals surface area contributed by atoms with Crippen molar-refractivity contribution in [3.63, 3.8) is 0 Å². The quantitative estimate of drug-likeness (QED) is 0.835. The average molecular weight is 299 g/mol. The molecule has 2 rings (SSSR count). The predicted octanol–water partition coefficient (Wildman–Crippen LogP) is 2.14. The molecule has 0 saturated carbocycles. The Balaban J connectivity index is 2.39. The van der Waals surface area contributed by atoms with E-state index in [0.717, 1.165) is 17.0 Å². The molecule has 3 nitrogen and oxygen atoms in total. The van der Waals surface area contributed by atoms with Crippen molar-refractivity contribution in [1.82, 2.24) is 10.2 Å². The summed E-state index contributed by atoms with van der Waals surface area (Å²) < 4.78 is 1.21. The Kier molecular flexibility index (Phi) is 2.83. The third kappa shape index (κ3) is 1.96. The van der Waals surface area contributed by atoms with Crippen molar-refractivity contribution < 1.29 is 0 Å². The fourth-order valence-corrected chi connectivity index (χ4v) is 1.80. The zero-order valence-electron chi connectivity index (χ0n) is 7.50. The van der Waals surface area contributed by atoms with E-state index < -0.39 is 0 Å². The van der Waals surface area contributed by atoms with Crippen LogP contribution in [0.15, 0.2) is 30.3 Å². The molecular weight excluding hydrogens is 289 g/mol. The van der Waals surface area contributed by atoms with E-state index in [1.54, 1.807) is 0 Å². The van der Waals surface area contributed by atoms with Gasteiger partial charge in [-0.1, -0.05) is 12.1 Å². The SMILES string of the molecule is NCc1cc(-c2cccc(I)c2)n[nH]1. The number of aromatic amines is 1. The van der Waals surface area contributed by atoms with E-state index in [2.05, 4.69) is 44.9 Å². The third-order valence-electron chi connectivity index (χ3n) is 1.97. The number of hydrogen-bond acceptors (Lipinski definition) is 2. The van der Waals surface area contributed by atoms with E-state index >= 15 is 0 Å². The van der Waals surface area contributed by atoms with Crippen molar-refractivity contribution in [2.45, 2.75) is 6.54 Å². The van der Waals surface area contributed by atoms with Crippen LogP contribution >= 0.6 is 22.6 Å². The van der Waals surface area contributed by atoms with Gasteiger partial charge in [-0.25, -0.2) is 0 Å². The molecule has 0 saturated heterocycles. The van der Waals surface area contributed by atoms with Crippen LogP contribution in [-0.4, -0.2) is 10.2 Å². The highest BCUT2D eigenvalue weighted by atomic mass is 127. The standard InChI is InChI=1S/C10H10IN3/c11-8-3-1-2-7(4-8)10-5-9(6-12)13-14-10/h1-5H,6,12H2,(H,13,14). The van der Waals surface area contributed by atoms with Gasteiger partial charge in [0.05, 0.1) is 5.69 Å². The summed E-state index contributed by atoms with van der Waals surface area (Å²) in [6.45, 7) is 0.497. The second kappa shape index (κ2) is 4.10. The Morgan fingerprint density at radius 3 is 2.86 bits per heavy atom. The van der Waals surface area contributed by atoms with Crippen LogP contribution in [-0.2, 0) is 6.54 Å². The zero-order chi connectivity index (χ0) is 9.97. The first kappa shape index (κ1) is 9.67. The molecule has 0 spiro atoms. The lowest BCUT2D eigenvalue weighted by atomic mass is 10.1. The molecule has 2 aromatic rings. The van der Waals surface area contributed by atoms with Crippen molar-refractivity contribution in [3.05, 3.63) is 39.6 Å². The van der Waals surface area contributed by atoms with Gasteiger partial charge in [0.15, 0.2) is 0 Å². The number of hydrogen-bond donors (Lipinski definition) is 2. The largest absolute Gasteiger partial charge is 0.325 e. The van der Waals surface area contributed by atoms with Crippen LogP contribution in [0, 0.1) is 3.57 Å². The number of nitrogens with one attached hydrogen (secondary N) is 1. The van der Waals surface area contributed by atoms with Crippen LogP contribution < -0.4 is 5.73 Å². The monoisotopic (exact) mass is 299 g/mol. The van der Waals surface area contributed by atoms with Crippen LogP contribution in [0.5, 0.6) is 0 Å². The maximum Gasteiger partial charge on any atom is 0.0924 e. The highest BCUT2D eigenvalue weighted by Crippen LogP contribution is 2.19. The first-order valence-electron chi connectivity index (χ1n) is 4.30. The van der Waals surface area contributed by atoms with Gasteiger partial charge in [-0.2, -0.15) is 5.10 Å². The van der Waals surface area contributed by atoms with Gasteiger partial charge < -0.3 is 5.73 Å². The summed E-state index contributed by atoms with van der Waals surface area (Å²) in [5, 5.41) is 7.09. The van der Waals surface area contributed by atoms with Crippen LogP contribution in [0.25, 0.3) is 11.3 Å². The molecule has 1 aromatic carbocycles. The highest BCUT2D eigenvalue weighted by Gasteiger charge is 2.02. The summed E-state index contributed by atoms with van der Waals surface area (Å²) >= 11 is 2.29. The number of nitrogens with zero attached hydrogens (tertiary/aromatic N) is 1. The Bertz CT molecular complexity index is 436. The smallest absolute Gasteiger partial charge is 0.0924 e. The lowest BCUT2D eigenvalue weighted by Gasteiger charge is -1.95. The Morgan fingerprint density at radius 1 is 1.36 bits per heavy atom. The van der Waals surface area contributed by atoms with E-state index in [0.29, 0.717) is 6.54 Å². The van der Waals surface area contributed by atoms with Gasteiger partial charge in [-0.15, -0.1) is 0 Å². The van der Waals surface area contributed by atoms with Gasteiger partial charge >= 0.3 is 0 Å². The molecule has 0 atom stereocenters. The molecule has 0 aliphatic rings. The molecule has 0 bridgehead atoms. The summed E-state index contributed by atoms with van der Waals surface area (Å²) in [5.74, 6) is 0. The van der Waals surface area contributed by atoms with E-state index in [9.17, 15) is 0 Å². The fourth-order valence-electron chi connectivity index (χ4n) is 1.26. The number of halogens is 1. The third-order valence-corrected chi connectivity index (χ3v) is 2.64. The molecule has 3 N–H and O–H groups in total. The minimum atomic E-state index is 0.497. The molecule has 14 heavy (non-hydrogen) atoms. The van der Waals surface area contributed by atoms with Gasteiger partial charge in [-0.3, -0.25) is 5.10 Å². The summed E-state index contributed by atoms with van der Waals surface area (Å²) in [4.78, 5) is 0. The summed E-state index contributed by atoms with van der Waals surface area (Å²) in [6, 6.07) is 10.2. The molecule has 1 heterocycles. The van der Waals surface area contributed by atoms with E-state index in [1.807, 2.05) is 18.2 Å². The first-order valence-corrected chi connectivity index (χ1v) is 5.38. The minimum Gasteiger partial charge on any atom is -0.325 e. The van der Waals surface area contributed by atoms with Gasteiger partial charge in [0, 0.05) is 21.4 Å². The van der Waals surface area contributed by atoms with E-state index in [1.165, 1.54) is 3.57 Å². The Labute approximate surface area is 95.9 Å². The number of nitrogens with two attached hydrogens (primary N) is 1. The van der Waals surface area contributed by atoms with Gasteiger partial charge in [0.2, 0.25) is 0 Å². The van der Waals surface area contributed by atoms with Gasteiger partial charge in [0.25, 0.3) is 0 Å². The lowest BCUT2D eigenvalue weighted by Crippen LogP contribution is -1.95. The number of rotatable bonds is 2. The summed E-state index contributed by atoms with van der Waals surface area (Å²) in [7, 11) is 0. The molecule has 4 heteroatoms. The number of H-pyrrole nitrogens is 1. The molecule has 1 aromatic heterocycles. The van der Waals surface area contributed by atoms with Crippen LogP contribution in [0.4, 0.5) is 0 Å². The molecule has 0 fully saturated rings. The molecule has 0 amide bonds. The average Bonchev–Trinajstić information content (AvgIpc) is 2.66. The summed E-state index contributed by atoms with van der Waals surface area (Å²) in [6.07, 6.45) is 0. The van der Waals surface area contributed by atoms with Crippen molar-refractivity contribution in [1.29, 1.82) is 0 Å². The molecule has 0 unspecified atom stereocenters. The Morgan fingerprint density at radius 2 is 2.21 bits per heavy atom. The highest BCUT2D eigenvalue weighted by molar-refractivity contribution is 14.1. The first-order chi connectivity index (χ1) is 6.79. The molecule has 72 valence electrons. The summed E-state index contributed by atoms with van der Waals surface area (Å²) in [5.41, 5.74) is 8.52. The van der Waals surface area contributed by atoms with Gasteiger partial charge in [-0.05, 0) is 40.8 Å². The van der Waals surface area contributed by atoms with Gasteiger partial charge in [0.1, 0.15) is 0 Å². The lowest BCUT2D eigenvalue weighted by molar-refractivity contribution is 0.948. The van der Waals surface area contributed by atoms with Crippen LogP contribution in [0.2, 0.25) is 0 Å². The fraction of sp³-hybridized carbons (Fsp3) is 0.100. The van der Waals surface area contributed by atoms with Crippen LogP contribution in [0.3, 0.4) is 0 Å². The number of aromatic nitrogens is 2. The second-order valence-corrected chi connectivity index (χ2v) is 4.24. The van der Waals surface area contributed by atoms with Crippen molar-refractivity contribution in [2.75, 3.05) is 0 Å².